The fourth-order valence-electron chi connectivity index (χ4n) is 2.39. The number of hydrogen-bond acceptors (Lipinski definition) is 6. The largest absolute Gasteiger partial charge is 0.457 e. The Kier molecular flexibility index (Phi) is 5.33. The van der Waals surface area contributed by atoms with Crippen molar-refractivity contribution in [3.8, 4) is 0 Å². The van der Waals surface area contributed by atoms with Gasteiger partial charge in [0.15, 0.2) is 0 Å². The van der Waals surface area contributed by atoms with Crippen LogP contribution in [0.25, 0.3) is 0 Å². The molecule has 8 nitrogen and oxygen atoms in total. The summed E-state index contributed by atoms with van der Waals surface area (Å²) in [6.45, 7) is 2.08. The Morgan fingerprint density at radius 1 is 1.15 bits per heavy atom. The summed E-state index contributed by atoms with van der Waals surface area (Å²) >= 11 is 0. The summed E-state index contributed by atoms with van der Waals surface area (Å²) in [7, 11) is 0. The van der Waals surface area contributed by atoms with Crippen molar-refractivity contribution in [1.82, 2.24) is 20.2 Å². The molecule has 1 amide bonds. The number of aryl methyl sites for hydroxylation is 1. The number of benzene rings is 2. The lowest BCUT2D eigenvalue weighted by atomic mass is 10.1. The van der Waals surface area contributed by atoms with Crippen molar-refractivity contribution in [2.75, 3.05) is 5.32 Å². The summed E-state index contributed by atoms with van der Waals surface area (Å²) in [6.07, 6.45) is 1.33. The molecule has 0 bridgehead atoms. The highest BCUT2D eigenvalue weighted by atomic mass is 16.5. The van der Waals surface area contributed by atoms with Crippen LogP contribution in [0.5, 0.6) is 0 Å². The maximum atomic E-state index is 12.4. The topological polar surface area (TPSA) is 99.0 Å². The Morgan fingerprint density at radius 2 is 2.00 bits per heavy atom. The number of para-hydroxylation sites is 1. The van der Waals surface area contributed by atoms with Crippen LogP contribution in [-0.4, -0.2) is 32.1 Å². The summed E-state index contributed by atoms with van der Waals surface area (Å²) in [5, 5.41) is 13.2. The van der Waals surface area contributed by atoms with Gasteiger partial charge in [0, 0.05) is 0 Å². The molecular weight excluding hydrogens is 334 g/mol. The molecule has 132 valence electrons. The van der Waals surface area contributed by atoms with Gasteiger partial charge in [-0.3, -0.25) is 4.79 Å². The molecule has 0 radical (unpaired) electrons. The number of rotatable bonds is 6. The van der Waals surface area contributed by atoms with E-state index >= 15 is 0 Å². The average molecular weight is 351 g/mol. The third kappa shape index (κ3) is 4.50. The molecule has 8 heteroatoms. The highest BCUT2D eigenvalue weighted by Crippen LogP contribution is 2.17. The van der Waals surface area contributed by atoms with Crippen molar-refractivity contribution in [1.29, 1.82) is 0 Å². The average Bonchev–Trinajstić information content (AvgIpc) is 3.13. The van der Waals surface area contributed by atoms with Crippen LogP contribution in [0.3, 0.4) is 0 Å². The molecule has 0 aliphatic carbocycles. The van der Waals surface area contributed by atoms with E-state index in [0.29, 0.717) is 5.69 Å². The summed E-state index contributed by atoms with van der Waals surface area (Å²) in [4.78, 5) is 24.5. The second-order valence-electron chi connectivity index (χ2n) is 5.67. The van der Waals surface area contributed by atoms with Crippen molar-refractivity contribution in [3.63, 3.8) is 0 Å². The molecule has 0 aliphatic heterocycles. The number of carbonyl (C=O) groups excluding carboxylic acids is 2. The molecule has 3 rings (SSSR count). The number of amides is 1. The van der Waals surface area contributed by atoms with Crippen LogP contribution < -0.4 is 5.32 Å². The van der Waals surface area contributed by atoms with Crippen molar-refractivity contribution in [3.05, 3.63) is 71.5 Å². The van der Waals surface area contributed by atoms with Gasteiger partial charge in [0.1, 0.15) is 19.5 Å². The minimum absolute atomic E-state index is 0.0559. The van der Waals surface area contributed by atoms with Gasteiger partial charge in [0.25, 0.3) is 0 Å². The second kappa shape index (κ2) is 8.02. The van der Waals surface area contributed by atoms with Gasteiger partial charge in [-0.1, -0.05) is 42.0 Å². The first-order chi connectivity index (χ1) is 12.6. The first-order valence-electron chi connectivity index (χ1n) is 7.94. The summed E-state index contributed by atoms with van der Waals surface area (Å²) in [6, 6.07) is 14.4. The predicted molar refractivity (Wildman–Crippen MR) is 93.2 cm³/mol. The van der Waals surface area contributed by atoms with Crippen LogP contribution in [0, 0.1) is 6.92 Å². The van der Waals surface area contributed by atoms with Gasteiger partial charge >= 0.3 is 5.97 Å². The molecule has 0 fully saturated rings. The first kappa shape index (κ1) is 17.3. The fourth-order valence-corrected chi connectivity index (χ4v) is 2.39. The third-order valence-corrected chi connectivity index (χ3v) is 3.57. The summed E-state index contributed by atoms with van der Waals surface area (Å²) in [5.74, 6) is -0.860. The Hall–Kier alpha value is -3.55. The molecule has 2 aromatic carbocycles. The monoisotopic (exact) mass is 351 g/mol. The molecule has 0 aliphatic rings. The molecule has 0 saturated carbocycles. The van der Waals surface area contributed by atoms with Crippen molar-refractivity contribution in [2.24, 2.45) is 0 Å². The van der Waals surface area contributed by atoms with Gasteiger partial charge in [0.2, 0.25) is 5.91 Å². The van der Waals surface area contributed by atoms with E-state index in [2.05, 4.69) is 20.8 Å². The van der Waals surface area contributed by atoms with Crippen LogP contribution in [0.1, 0.15) is 21.5 Å². The quantitative estimate of drug-likeness (QED) is 0.682. The normalized spacial score (nSPS) is 10.3. The number of hydrogen-bond donors (Lipinski definition) is 1. The van der Waals surface area contributed by atoms with E-state index in [1.807, 2.05) is 31.2 Å². The predicted octanol–water partition coefficient (Wildman–Crippen LogP) is 1.98. The lowest BCUT2D eigenvalue weighted by molar-refractivity contribution is -0.116. The van der Waals surface area contributed by atoms with Gasteiger partial charge < -0.3 is 10.1 Å². The number of nitrogens with zero attached hydrogens (tertiary/aromatic N) is 4. The number of nitrogens with one attached hydrogen (secondary N) is 1. The number of tetrazole rings is 1. The zero-order valence-electron chi connectivity index (χ0n) is 14.1. The number of aromatic nitrogens is 4. The molecule has 0 unspecified atom stereocenters. The lowest BCUT2D eigenvalue weighted by Crippen LogP contribution is -2.21. The molecule has 1 N–H and O–H groups in total. The highest BCUT2D eigenvalue weighted by molar-refractivity contribution is 6.01. The maximum Gasteiger partial charge on any atom is 0.340 e. The number of anilines is 1. The molecule has 3 aromatic rings. The van der Waals surface area contributed by atoms with E-state index in [0.717, 1.165) is 11.1 Å². The van der Waals surface area contributed by atoms with Crippen molar-refractivity contribution < 1.29 is 14.3 Å². The minimum atomic E-state index is -0.509. The van der Waals surface area contributed by atoms with Gasteiger partial charge in [0.05, 0.1) is 11.3 Å². The number of ether oxygens (including phenoxy) is 1. The van der Waals surface area contributed by atoms with Gasteiger partial charge in [-0.05, 0) is 35.0 Å². The molecular formula is C18H17N5O3. The Labute approximate surface area is 149 Å². The summed E-state index contributed by atoms with van der Waals surface area (Å²) in [5.41, 5.74) is 2.65. The van der Waals surface area contributed by atoms with E-state index in [1.54, 1.807) is 24.3 Å². The van der Waals surface area contributed by atoms with E-state index in [9.17, 15) is 9.59 Å². The smallest absolute Gasteiger partial charge is 0.340 e. The SMILES string of the molecule is Cc1cccc(COC(=O)c2ccccc2NC(=O)Cn2cnnn2)c1. The Balaban J connectivity index is 1.65. The molecule has 26 heavy (non-hydrogen) atoms. The van der Waals surface area contributed by atoms with E-state index in [4.69, 9.17) is 4.74 Å². The Morgan fingerprint density at radius 3 is 2.77 bits per heavy atom. The van der Waals surface area contributed by atoms with Crippen LogP contribution in [0.4, 0.5) is 5.69 Å². The van der Waals surface area contributed by atoms with Gasteiger partial charge in [-0.25, -0.2) is 9.48 Å². The van der Waals surface area contributed by atoms with Crippen LogP contribution in [0.15, 0.2) is 54.9 Å². The Bertz CT molecular complexity index is 909. The standard InChI is InChI=1S/C18H17N5O3/c1-13-5-4-6-14(9-13)11-26-18(25)15-7-2-3-8-16(15)20-17(24)10-23-12-19-21-22-23/h2-9,12H,10-11H2,1H3,(H,20,24). The molecule has 0 atom stereocenters. The second-order valence-corrected chi connectivity index (χ2v) is 5.67. The number of carbonyl (C=O) groups is 2. The lowest BCUT2D eigenvalue weighted by Gasteiger charge is -2.11. The molecule has 0 spiro atoms. The molecule has 1 heterocycles. The summed E-state index contributed by atoms with van der Waals surface area (Å²) < 4.78 is 6.66. The molecule has 1 aromatic heterocycles. The van der Waals surface area contributed by atoms with Gasteiger partial charge in [-0.15, -0.1) is 5.10 Å². The van der Waals surface area contributed by atoms with E-state index in [-0.39, 0.29) is 24.6 Å². The third-order valence-electron chi connectivity index (χ3n) is 3.57. The molecule has 0 saturated heterocycles. The number of esters is 1. The van der Waals surface area contributed by atoms with Gasteiger partial charge in [-0.2, -0.15) is 0 Å². The van der Waals surface area contributed by atoms with Crippen molar-refractivity contribution >= 4 is 17.6 Å². The van der Waals surface area contributed by atoms with E-state index < -0.39 is 5.97 Å². The van der Waals surface area contributed by atoms with E-state index in [1.165, 1.54) is 11.0 Å². The van der Waals surface area contributed by atoms with Crippen LogP contribution >= 0.6 is 0 Å². The minimum Gasteiger partial charge on any atom is -0.457 e. The fraction of sp³-hybridized carbons (Fsp3) is 0.167. The van der Waals surface area contributed by atoms with Crippen LogP contribution in [0.2, 0.25) is 0 Å². The highest BCUT2D eigenvalue weighted by Gasteiger charge is 2.15. The zero-order valence-corrected chi connectivity index (χ0v) is 14.1. The maximum absolute atomic E-state index is 12.4. The zero-order chi connectivity index (χ0) is 18.4. The first-order valence-corrected chi connectivity index (χ1v) is 7.94. The van der Waals surface area contributed by atoms with Crippen LogP contribution in [-0.2, 0) is 22.7 Å². The van der Waals surface area contributed by atoms with Crippen molar-refractivity contribution in [2.45, 2.75) is 20.1 Å².